The summed E-state index contributed by atoms with van der Waals surface area (Å²) < 4.78 is 13.3. The third kappa shape index (κ3) is 4.37. The number of nitrogens with zero attached hydrogens (tertiary/aromatic N) is 1. The monoisotopic (exact) mass is 301 g/mol. The topological polar surface area (TPSA) is 138 Å². The van der Waals surface area contributed by atoms with Crippen LogP contribution in [0.25, 0.3) is 0 Å². The number of nitrogens with one attached hydrogen (secondary N) is 2. The molecule has 1 amide bonds. The van der Waals surface area contributed by atoms with Gasteiger partial charge in [-0.25, -0.2) is 14.2 Å². The number of hydrogen-bond acceptors (Lipinski definition) is 5. The zero-order valence-electron chi connectivity index (χ0n) is 10.9. The van der Waals surface area contributed by atoms with Crippen molar-refractivity contribution >= 4 is 17.8 Å². The standard InChI is InChI=1S/C11H12FN3O6/c1-5(16)13-7(10(19)20)2-3-8(17)15-4-6(12)9(18)14-11(15)21/h4,7H,2-3H2,1H3,(H,13,16)(H,19,20)(H,14,18,21). The molecule has 1 aromatic heterocycles. The number of H-pyrrole nitrogens is 1. The Kier molecular flexibility index (Phi) is 5.11. The number of halogens is 1. The number of carbonyl (C=O) groups excluding carboxylic acids is 2. The molecule has 0 aromatic carbocycles. The van der Waals surface area contributed by atoms with E-state index in [1.165, 1.54) is 0 Å². The van der Waals surface area contributed by atoms with E-state index in [0.29, 0.717) is 10.8 Å². The zero-order chi connectivity index (χ0) is 16.2. The van der Waals surface area contributed by atoms with E-state index in [2.05, 4.69) is 5.32 Å². The van der Waals surface area contributed by atoms with Crippen LogP contribution in [-0.4, -0.2) is 38.5 Å². The third-order valence-corrected chi connectivity index (χ3v) is 2.49. The lowest BCUT2D eigenvalue weighted by molar-refractivity contribution is -0.141. The van der Waals surface area contributed by atoms with Gasteiger partial charge in [0.1, 0.15) is 6.04 Å². The van der Waals surface area contributed by atoms with Crippen LogP contribution in [-0.2, 0) is 9.59 Å². The summed E-state index contributed by atoms with van der Waals surface area (Å²) in [5, 5.41) is 10.9. The highest BCUT2D eigenvalue weighted by atomic mass is 19.1. The Morgan fingerprint density at radius 2 is 2.05 bits per heavy atom. The zero-order valence-corrected chi connectivity index (χ0v) is 10.9. The Morgan fingerprint density at radius 1 is 1.43 bits per heavy atom. The summed E-state index contributed by atoms with van der Waals surface area (Å²) in [6.45, 7) is 1.11. The van der Waals surface area contributed by atoms with Gasteiger partial charge < -0.3 is 10.4 Å². The predicted octanol–water partition coefficient (Wildman–Crippen LogP) is -1.31. The first kappa shape index (κ1) is 16.3. The molecular formula is C11H12FN3O6. The highest BCUT2D eigenvalue weighted by Gasteiger charge is 2.20. The number of amides is 1. The minimum Gasteiger partial charge on any atom is -0.480 e. The number of aromatic amines is 1. The van der Waals surface area contributed by atoms with Gasteiger partial charge in [-0.2, -0.15) is 4.39 Å². The highest BCUT2D eigenvalue weighted by molar-refractivity contribution is 5.83. The minimum atomic E-state index is -1.35. The van der Waals surface area contributed by atoms with Crippen LogP contribution >= 0.6 is 0 Å². The molecule has 9 nitrogen and oxygen atoms in total. The third-order valence-electron chi connectivity index (χ3n) is 2.49. The van der Waals surface area contributed by atoms with E-state index in [0.717, 1.165) is 6.92 Å². The van der Waals surface area contributed by atoms with Crippen LogP contribution in [0.3, 0.4) is 0 Å². The second-order valence-electron chi connectivity index (χ2n) is 4.13. The molecule has 0 fully saturated rings. The fraction of sp³-hybridized carbons (Fsp3) is 0.364. The SMILES string of the molecule is CC(=O)NC(CCC(=O)n1cc(F)c(=O)[nH]c1=O)C(=O)O. The van der Waals surface area contributed by atoms with Crippen molar-refractivity contribution < 1.29 is 23.9 Å². The molecule has 114 valence electrons. The van der Waals surface area contributed by atoms with Gasteiger partial charge in [0.2, 0.25) is 17.6 Å². The van der Waals surface area contributed by atoms with E-state index in [1.54, 1.807) is 4.98 Å². The number of carboxylic acid groups (broad SMARTS) is 1. The van der Waals surface area contributed by atoms with Crippen molar-refractivity contribution in [3.63, 3.8) is 0 Å². The molecule has 1 aromatic rings. The summed E-state index contributed by atoms with van der Waals surface area (Å²) in [7, 11) is 0. The maximum absolute atomic E-state index is 13.0. The molecule has 0 bridgehead atoms. The normalized spacial score (nSPS) is 11.7. The molecule has 0 aliphatic carbocycles. The maximum atomic E-state index is 13.0. The average Bonchev–Trinajstić information content (AvgIpc) is 2.37. The first-order valence-electron chi connectivity index (χ1n) is 5.77. The summed E-state index contributed by atoms with van der Waals surface area (Å²) >= 11 is 0. The number of rotatable bonds is 5. The van der Waals surface area contributed by atoms with Crippen molar-refractivity contribution in [2.45, 2.75) is 25.8 Å². The summed E-state index contributed by atoms with van der Waals surface area (Å²) in [6, 6.07) is -1.31. The second kappa shape index (κ2) is 6.59. The molecule has 1 unspecified atom stereocenters. The lowest BCUT2D eigenvalue weighted by Gasteiger charge is -2.12. The fourth-order valence-corrected chi connectivity index (χ4v) is 1.52. The lowest BCUT2D eigenvalue weighted by Crippen LogP contribution is -2.41. The van der Waals surface area contributed by atoms with Gasteiger partial charge in [-0.1, -0.05) is 0 Å². The Balaban J connectivity index is 2.84. The largest absolute Gasteiger partial charge is 0.480 e. The van der Waals surface area contributed by atoms with Crippen molar-refractivity contribution in [1.82, 2.24) is 14.9 Å². The van der Waals surface area contributed by atoms with Crippen LogP contribution in [0.5, 0.6) is 0 Å². The second-order valence-corrected chi connectivity index (χ2v) is 4.13. The van der Waals surface area contributed by atoms with Gasteiger partial charge in [0, 0.05) is 13.3 Å². The summed E-state index contributed by atoms with van der Waals surface area (Å²) in [4.78, 5) is 57.1. The van der Waals surface area contributed by atoms with E-state index in [9.17, 15) is 28.4 Å². The molecule has 0 aliphatic heterocycles. The van der Waals surface area contributed by atoms with Gasteiger partial charge in [0.05, 0.1) is 6.20 Å². The first-order valence-corrected chi connectivity index (χ1v) is 5.77. The first-order chi connectivity index (χ1) is 9.72. The number of carboxylic acids is 1. The molecule has 0 saturated carbocycles. The molecule has 10 heteroatoms. The van der Waals surface area contributed by atoms with Gasteiger partial charge in [0.15, 0.2) is 0 Å². The van der Waals surface area contributed by atoms with Crippen LogP contribution in [0.15, 0.2) is 15.8 Å². The smallest absolute Gasteiger partial charge is 0.335 e. The quantitative estimate of drug-likeness (QED) is 0.617. The lowest BCUT2D eigenvalue weighted by atomic mass is 10.1. The number of hydrogen-bond donors (Lipinski definition) is 3. The van der Waals surface area contributed by atoms with Gasteiger partial charge in [-0.05, 0) is 6.42 Å². The predicted molar refractivity (Wildman–Crippen MR) is 66.4 cm³/mol. The summed E-state index contributed by atoms with van der Waals surface area (Å²) in [6.07, 6.45) is -0.304. The van der Waals surface area contributed by atoms with Crippen molar-refractivity contribution in [2.24, 2.45) is 0 Å². The molecular weight excluding hydrogens is 289 g/mol. The van der Waals surface area contributed by atoms with Crippen LogP contribution in [0.2, 0.25) is 0 Å². The van der Waals surface area contributed by atoms with Crippen LogP contribution in [0.4, 0.5) is 4.39 Å². The van der Waals surface area contributed by atoms with Gasteiger partial charge in [-0.3, -0.25) is 19.4 Å². The number of aliphatic carboxylic acids is 1. The molecule has 0 aliphatic rings. The Labute approximate surface area is 116 Å². The molecule has 21 heavy (non-hydrogen) atoms. The van der Waals surface area contributed by atoms with Gasteiger partial charge >= 0.3 is 11.7 Å². The van der Waals surface area contributed by atoms with Crippen LogP contribution < -0.4 is 16.6 Å². The maximum Gasteiger partial charge on any atom is 0.335 e. The van der Waals surface area contributed by atoms with E-state index in [1.807, 2.05) is 0 Å². The van der Waals surface area contributed by atoms with E-state index in [-0.39, 0.29) is 6.42 Å². The Hall–Kier alpha value is -2.78. The van der Waals surface area contributed by atoms with Crippen LogP contribution in [0, 0.1) is 5.82 Å². The summed E-state index contributed by atoms with van der Waals surface area (Å²) in [5.41, 5.74) is -2.39. The summed E-state index contributed by atoms with van der Waals surface area (Å²) in [5.74, 6) is -4.17. The molecule has 0 saturated heterocycles. The highest BCUT2D eigenvalue weighted by Crippen LogP contribution is 2.00. The Morgan fingerprint density at radius 3 is 2.57 bits per heavy atom. The number of carbonyl (C=O) groups is 3. The van der Waals surface area contributed by atoms with Crippen molar-refractivity contribution in [1.29, 1.82) is 0 Å². The average molecular weight is 301 g/mol. The molecule has 3 N–H and O–H groups in total. The fourth-order valence-electron chi connectivity index (χ4n) is 1.52. The molecule has 1 atom stereocenters. The Bertz CT molecular complexity index is 692. The van der Waals surface area contributed by atoms with Gasteiger partial charge in [-0.15, -0.1) is 0 Å². The molecule has 1 rings (SSSR count). The molecule has 0 radical (unpaired) electrons. The molecule has 0 spiro atoms. The van der Waals surface area contributed by atoms with E-state index in [4.69, 9.17) is 5.11 Å². The van der Waals surface area contributed by atoms with Gasteiger partial charge in [0.25, 0.3) is 5.56 Å². The van der Waals surface area contributed by atoms with E-state index < -0.39 is 47.3 Å². The minimum absolute atomic E-state index is 0.291. The van der Waals surface area contributed by atoms with E-state index >= 15 is 0 Å². The van der Waals surface area contributed by atoms with Crippen molar-refractivity contribution in [3.8, 4) is 0 Å². The number of aromatic nitrogens is 2. The molecule has 1 heterocycles. The van der Waals surface area contributed by atoms with Crippen LogP contribution in [0.1, 0.15) is 24.6 Å². The van der Waals surface area contributed by atoms with Crippen molar-refractivity contribution in [3.05, 3.63) is 32.9 Å². The van der Waals surface area contributed by atoms with Crippen molar-refractivity contribution in [2.75, 3.05) is 0 Å².